The van der Waals surface area contributed by atoms with Crippen LogP contribution in [0.15, 0.2) is 48.7 Å². The molecular formula is C18H19N3OS. The molecule has 0 spiro atoms. The van der Waals surface area contributed by atoms with Crippen molar-refractivity contribution in [2.75, 3.05) is 11.9 Å². The zero-order valence-corrected chi connectivity index (χ0v) is 13.8. The Bertz CT molecular complexity index is 811. The van der Waals surface area contributed by atoms with Gasteiger partial charge in [-0.2, -0.15) is 4.37 Å². The second kappa shape index (κ2) is 6.89. The normalized spacial score (nSPS) is 12.3. The molecule has 0 aliphatic carbocycles. The highest BCUT2D eigenvalue weighted by Crippen LogP contribution is 2.24. The zero-order valence-electron chi connectivity index (χ0n) is 13.0. The molecule has 2 aromatic carbocycles. The number of hydrogen-bond acceptors (Lipinski definition) is 4. The Labute approximate surface area is 139 Å². The lowest BCUT2D eigenvalue weighted by Crippen LogP contribution is -2.27. The smallest absolute Gasteiger partial charge is 0.233 e. The predicted molar refractivity (Wildman–Crippen MR) is 95.9 cm³/mol. The lowest BCUT2D eigenvalue weighted by Gasteiger charge is -2.16. The van der Waals surface area contributed by atoms with Crippen LogP contribution in [0.3, 0.4) is 0 Å². The summed E-state index contributed by atoms with van der Waals surface area (Å²) in [5.41, 5.74) is 8.80. The Hall–Kier alpha value is -2.24. The molecule has 4 nitrogen and oxygen atoms in total. The number of anilines is 1. The number of aryl methyl sites for hydroxylation is 1. The lowest BCUT2D eigenvalue weighted by molar-refractivity contribution is -0.117. The minimum atomic E-state index is -0.349. The molecular weight excluding hydrogens is 306 g/mol. The third-order valence-corrected chi connectivity index (χ3v) is 4.73. The van der Waals surface area contributed by atoms with E-state index in [1.807, 2.05) is 36.5 Å². The minimum absolute atomic E-state index is 0.0828. The second-order valence-corrected chi connectivity index (χ2v) is 6.28. The van der Waals surface area contributed by atoms with Crippen molar-refractivity contribution >= 4 is 33.2 Å². The molecule has 3 aromatic rings. The Morgan fingerprint density at radius 3 is 2.74 bits per heavy atom. The van der Waals surface area contributed by atoms with Crippen molar-refractivity contribution < 1.29 is 4.79 Å². The molecule has 0 fully saturated rings. The minimum Gasteiger partial charge on any atom is -0.329 e. The van der Waals surface area contributed by atoms with Crippen molar-refractivity contribution in [1.29, 1.82) is 0 Å². The van der Waals surface area contributed by atoms with Gasteiger partial charge < -0.3 is 11.1 Å². The van der Waals surface area contributed by atoms with E-state index < -0.39 is 0 Å². The fourth-order valence-electron chi connectivity index (χ4n) is 2.55. The highest BCUT2D eigenvalue weighted by atomic mass is 32.1. The lowest BCUT2D eigenvalue weighted by atomic mass is 9.96. The summed E-state index contributed by atoms with van der Waals surface area (Å²) in [6, 6.07) is 13.9. The average Bonchev–Trinajstić information content (AvgIpc) is 3.04. The molecule has 1 aromatic heterocycles. The van der Waals surface area contributed by atoms with Gasteiger partial charge in [0.15, 0.2) is 0 Å². The fourth-order valence-corrected chi connectivity index (χ4v) is 3.23. The van der Waals surface area contributed by atoms with Gasteiger partial charge in [-0.05, 0) is 47.3 Å². The van der Waals surface area contributed by atoms with Crippen LogP contribution in [0.2, 0.25) is 0 Å². The molecule has 1 amide bonds. The molecule has 0 radical (unpaired) electrons. The number of carbonyl (C=O) groups is 1. The van der Waals surface area contributed by atoms with E-state index in [0.717, 1.165) is 27.8 Å². The van der Waals surface area contributed by atoms with Crippen LogP contribution in [-0.2, 0) is 11.2 Å². The summed E-state index contributed by atoms with van der Waals surface area (Å²) in [5, 5.41) is 4.04. The Morgan fingerprint density at radius 2 is 2.04 bits per heavy atom. The van der Waals surface area contributed by atoms with E-state index in [4.69, 9.17) is 5.73 Å². The molecule has 0 aliphatic heterocycles. The second-order valence-electron chi connectivity index (χ2n) is 5.45. The van der Waals surface area contributed by atoms with Gasteiger partial charge in [0.2, 0.25) is 5.91 Å². The van der Waals surface area contributed by atoms with Crippen LogP contribution in [-0.4, -0.2) is 16.8 Å². The van der Waals surface area contributed by atoms with Crippen LogP contribution in [0.25, 0.3) is 10.1 Å². The Balaban J connectivity index is 1.78. The van der Waals surface area contributed by atoms with Crippen LogP contribution in [0.5, 0.6) is 0 Å². The van der Waals surface area contributed by atoms with Crippen molar-refractivity contribution in [3.05, 3.63) is 59.8 Å². The first-order valence-electron chi connectivity index (χ1n) is 7.65. The van der Waals surface area contributed by atoms with Crippen molar-refractivity contribution in [2.45, 2.75) is 19.3 Å². The van der Waals surface area contributed by atoms with Crippen LogP contribution in [0, 0.1) is 0 Å². The van der Waals surface area contributed by atoms with Gasteiger partial charge in [0, 0.05) is 23.8 Å². The van der Waals surface area contributed by atoms with E-state index in [9.17, 15) is 4.79 Å². The van der Waals surface area contributed by atoms with Crippen LogP contribution < -0.4 is 11.1 Å². The summed E-state index contributed by atoms with van der Waals surface area (Å²) in [6.07, 6.45) is 2.80. The molecule has 1 heterocycles. The van der Waals surface area contributed by atoms with Gasteiger partial charge in [0.1, 0.15) is 0 Å². The summed E-state index contributed by atoms with van der Waals surface area (Å²) in [7, 11) is 0. The molecule has 1 atom stereocenters. The molecule has 0 unspecified atom stereocenters. The standard InChI is InChI=1S/C18H19N3OS/c1-2-12-3-5-13(6-4-12)16(10-19)18(22)21-15-8-7-14-11-20-23-17(14)9-15/h3-9,11,16H,2,10,19H2,1H3,(H,21,22)/t16-/m1/s1. The molecule has 23 heavy (non-hydrogen) atoms. The first-order chi connectivity index (χ1) is 11.2. The molecule has 3 N–H and O–H groups in total. The van der Waals surface area contributed by atoms with E-state index in [1.165, 1.54) is 17.1 Å². The Kier molecular flexibility index (Phi) is 4.69. The number of nitrogens with one attached hydrogen (secondary N) is 1. The van der Waals surface area contributed by atoms with Crippen molar-refractivity contribution in [1.82, 2.24) is 4.37 Å². The summed E-state index contributed by atoms with van der Waals surface area (Å²) < 4.78 is 5.20. The summed E-state index contributed by atoms with van der Waals surface area (Å²) >= 11 is 1.42. The Morgan fingerprint density at radius 1 is 1.26 bits per heavy atom. The van der Waals surface area contributed by atoms with Gasteiger partial charge >= 0.3 is 0 Å². The molecule has 0 aliphatic rings. The molecule has 5 heteroatoms. The van der Waals surface area contributed by atoms with Gasteiger partial charge in [-0.15, -0.1) is 0 Å². The van der Waals surface area contributed by atoms with Gasteiger partial charge in [0.25, 0.3) is 0 Å². The van der Waals surface area contributed by atoms with Gasteiger partial charge in [-0.25, -0.2) is 0 Å². The van der Waals surface area contributed by atoms with E-state index >= 15 is 0 Å². The number of nitrogens with zero attached hydrogens (tertiary/aromatic N) is 1. The first kappa shape index (κ1) is 15.6. The topological polar surface area (TPSA) is 68.0 Å². The number of benzene rings is 2. The number of nitrogens with two attached hydrogens (primary N) is 1. The van der Waals surface area contributed by atoms with Gasteiger partial charge in [-0.1, -0.05) is 31.2 Å². The summed E-state index contributed by atoms with van der Waals surface area (Å²) in [4.78, 5) is 12.6. The highest BCUT2D eigenvalue weighted by Gasteiger charge is 2.19. The molecule has 118 valence electrons. The predicted octanol–water partition coefficient (Wildman–Crippen LogP) is 3.54. The average molecular weight is 325 g/mol. The SMILES string of the molecule is CCc1ccc([C@@H](CN)C(=O)Nc2ccc3cnsc3c2)cc1. The van der Waals surface area contributed by atoms with Crippen molar-refractivity contribution in [2.24, 2.45) is 5.73 Å². The number of carbonyl (C=O) groups excluding carboxylic acids is 1. The zero-order chi connectivity index (χ0) is 16.2. The van der Waals surface area contributed by atoms with Crippen LogP contribution >= 0.6 is 11.5 Å². The summed E-state index contributed by atoms with van der Waals surface area (Å²) in [6.45, 7) is 2.39. The third-order valence-electron chi connectivity index (χ3n) is 3.97. The monoisotopic (exact) mass is 325 g/mol. The molecule has 0 bridgehead atoms. The van der Waals surface area contributed by atoms with Gasteiger partial charge in [0.05, 0.1) is 10.6 Å². The van der Waals surface area contributed by atoms with E-state index in [2.05, 4.69) is 28.7 Å². The number of amides is 1. The number of aromatic nitrogens is 1. The van der Waals surface area contributed by atoms with E-state index in [0.29, 0.717) is 0 Å². The van der Waals surface area contributed by atoms with E-state index in [-0.39, 0.29) is 18.4 Å². The fraction of sp³-hybridized carbons (Fsp3) is 0.222. The maximum atomic E-state index is 12.6. The van der Waals surface area contributed by atoms with Crippen LogP contribution in [0.4, 0.5) is 5.69 Å². The van der Waals surface area contributed by atoms with Crippen LogP contribution in [0.1, 0.15) is 24.0 Å². The third kappa shape index (κ3) is 3.41. The van der Waals surface area contributed by atoms with E-state index in [1.54, 1.807) is 0 Å². The quantitative estimate of drug-likeness (QED) is 0.754. The van der Waals surface area contributed by atoms with Gasteiger partial charge in [-0.3, -0.25) is 4.79 Å². The first-order valence-corrected chi connectivity index (χ1v) is 8.43. The largest absolute Gasteiger partial charge is 0.329 e. The maximum absolute atomic E-state index is 12.6. The number of fused-ring (bicyclic) bond motifs is 1. The number of rotatable bonds is 5. The van der Waals surface area contributed by atoms with Crippen molar-refractivity contribution in [3.8, 4) is 0 Å². The maximum Gasteiger partial charge on any atom is 0.233 e. The molecule has 0 saturated carbocycles. The molecule has 0 saturated heterocycles. The number of hydrogen-bond donors (Lipinski definition) is 2. The van der Waals surface area contributed by atoms with Crippen molar-refractivity contribution in [3.63, 3.8) is 0 Å². The highest BCUT2D eigenvalue weighted by molar-refractivity contribution is 7.13. The molecule has 3 rings (SSSR count). The summed E-state index contributed by atoms with van der Waals surface area (Å²) in [5.74, 6) is -0.432.